The number of methoxy groups -OCH3 is 1. The highest BCUT2D eigenvalue weighted by atomic mass is 79.9. The van der Waals surface area contributed by atoms with Crippen molar-refractivity contribution in [3.63, 3.8) is 0 Å². The molecule has 3 aromatic carbocycles. The molecule has 0 radical (unpaired) electrons. The summed E-state index contributed by atoms with van der Waals surface area (Å²) in [5.41, 5.74) is 3.29. The Morgan fingerprint density at radius 1 is 1.15 bits per heavy atom. The Labute approximate surface area is 212 Å². The van der Waals surface area contributed by atoms with E-state index in [1.54, 1.807) is 22.8 Å². The summed E-state index contributed by atoms with van der Waals surface area (Å²) >= 11 is 10.9. The van der Waals surface area contributed by atoms with Gasteiger partial charge < -0.3 is 9.84 Å². The molecule has 0 aliphatic carbocycles. The number of aromatic nitrogens is 1. The van der Waals surface area contributed by atoms with Crippen molar-refractivity contribution in [2.24, 2.45) is 4.99 Å². The summed E-state index contributed by atoms with van der Waals surface area (Å²) < 4.78 is 8.11. The van der Waals surface area contributed by atoms with Gasteiger partial charge in [0.05, 0.1) is 23.4 Å². The van der Waals surface area contributed by atoms with Crippen LogP contribution in [0.3, 0.4) is 0 Å². The van der Waals surface area contributed by atoms with Crippen molar-refractivity contribution >= 4 is 50.6 Å². The number of hydrogen-bond donors (Lipinski definition) is 1. The van der Waals surface area contributed by atoms with E-state index in [9.17, 15) is 9.90 Å². The van der Waals surface area contributed by atoms with E-state index < -0.39 is 0 Å². The van der Waals surface area contributed by atoms with E-state index in [4.69, 9.17) is 21.3 Å². The van der Waals surface area contributed by atoms with E-state index in [1.165, 1.54) is 18.4 Å². The van der Waals surface area contributed by atoms with Crippen LogP contribution >= 0.6 is 38.9 Å². The van der Waals surface area contributed by atoms with Crippen LogP contribution in [-0.4, -0.2) is 16.8 Å². The second kappa shape index (κ2) is 9.25. The first kappa shape index (κ1) is 22.7. The molecule has 1 aromatic heterocycles. The average molecular weight is 554 g/mol. The van der Waals surface area contributed by atoms with Crippen molar-refractivity contribution in [1.29, 1.82) is 0 Å². The first-order valence-electron chi connectivity index (χ1n) is 10.4. The van der Waals surface area contributed by atoms with Gasteiger partial charge in [-0.2, -0.15) is 0 Å². The first-order chi connectivity index (χ1) is 16.4. The molecule has 0 spiro atoms. The van der Waals surface area contributed by atoms with Crippen molar-refractivity contribution in [2.75, 3.05) is 7.11 Å². The average Bonchev–Trinajstić information content (AvgIpc) is 3.16. The van der Waals surface area contributed by atoms with Gasteiger partial charge in [-0.1, -0.05) is 81.3 Å². The molecule has 34 heavy (non-hydrogen) atoms. The highest BCUT2D eigenvalue weighted by Crippen LogP contribution is 2.33. The molecule has 2 heterocycles. The van der Waals surface area contributed by atoms with Crippen LogP contribution in [0.4, 0.5) is 0 Å². The molecule has 1 atom stereocenters. The monoisotopic (exact) mass is 552 g/mol. The van der Waals surface area contributed by atoms with E-state index >= 15 is 0 Å². The summed E-state index contributed by atoms with van der Waals surface area (Å²) in [5.74, 6) is 0.343. The van der Waals surface area contributed by atoms with E-state index in [0.29, 0.717) is 30.1 Å². The number of hydrogen-bond acceptors (Lipinski definition) is 5. The molecule has 1 aliphatic rings. The molecule has 0 amide bonds. The predicted octanol–water partition coefficient (Wildman–Crippen LogP) is 5.13. The normalized spacial score (nSPS) is 15.4. The maximum Gasteiger partial charge on any atom is 0.271 e. The zero-order valence-corrected chi connectivity index (χ0v) is 21.1. The van der Waals surface area contributed by atoms with Crippen LogP contribution in [-0.2, 0) is 0 Å². The van der Waals surface area contributed by atoms with Crippen molar-refractivity contribution in [2.45, 2.75) is 6.04 Å². The number of ether oxygens (including phenoxy) is 1. The van der Waals surface area contributed by atoms with Gasteiger partial charge in [-0.3, -0.25) is 9.36 Å². The number of rotatable bonds is 4. The second-order valence-corrected chi connectivity index (χ2v) is 9.94. The number of fused-ring (bicyclic) bond motifs is 1. The summed E-state index contributed by atoms with van der Waals surface area (Å²) in [7, 11) is 1.48. The first-order valence-corrected chi connectivity index (χ1v) is 12.3. The van der Waals surface area contributed by atoms with Gasteiger partial charge in [0.2, 0.25) is 0 Å². The number of aromatic hydroxyl groups is 1. The lowest BCUT2D eigenvalue weighted by Crippen LogP contribution is -2.36. The molecule has 0 bridgehead atoms. The SMILES string of the molecule is COc1cc(C=c2sc3n(c2=O)C(c2ccc(Cl)cc2)C=C(c2ccccc2)N=3)c(Br)cc1O. The van der Waals surface area contributed by atoms with E-state index in [0.717, 1.165) is 16.8 Å². The number of phenols is 1. The maximum absolute atomic E-state index is 13.6. The third-order valence-electron chi connectivity index (χ3n) is 5.51. The largest absolute Gasteiger partial charge is 0.504 e. The van der Waals surface area contributed by atoms with Gasteiger partial charge in [-0.05, 0) is 53.1 Å². The number of phenolic OH excluding ortho intramolecular Hbond substituents is 1. The number of nitrogens with zero attached hydrogens (tertiary/aromatic N) is 2. The summed E-state index contributed by atoms with van der Waals surface area (Å²) in [5, 5.41) is 10.7. The van der Waals surface area contributed by atoms with Crippen LogP contribution in [0.15, 0.2) is 87.1 Å². The predicted molar refractivity (Wildman–Crippen MR) is 139 cm³/mol. The Hall–Kier alpha value is -3.13. The van der Waals surface area contributed by atoms with Crippen molar-refractivity contribution in [1.82, 2.24) is 4.57 Å². The number of benzene rings is 3. The smallest absolute Gasteiger partial charge is 0.271 e. The van der Waals surface area contributed by atoms with Crippen LogP contribution in [0.2, 0.25) is 5.02 Å². The van der Waals surface area contributed by atoms with Gasteiger partial charge in [0.1, 0.15) is 0 Å². The van der Waals surface area contributed by atoms with Crippen molar-refractivity contribution in [3.05, 3.63) is 119 Å². The van der Waals surface area contributed by atoms with Crippen molar-refractivity contribution < 1.29 is 9.84 Å². The minimum absolute atomic E-state index is 0.0169. The number of halogens is 2. The molecule has 0 saturated heterocycles. The van der Waals surface area contributed by atoms with Gasteiger partial charge in [0, 0.05) is 9.50 Å². The third-order valence-corrected chi connectivity index (χ3v) is 7.43. The minimum Gasteiger partial charge on any atom is -0.504 e. The standard InChI is InChI=1S/C26H18BrClN2O3S/c1-33-23-11-17(19(27)13-22(23)31)12-24-25(32)30-21(16-7-9-18(28)10-8-16)14-20(29-26(30)34-24)15-5-3-2-4-6-15/h2-14,21,31H,1H3. The highest BCUT2D eigenvalue weighted by molar-refractivity contribution is 9.10. The Kier molecular flexibility index (Phi) is 6.16. The van der Waals surface area contributed by atoms with Crippen LogP contribution in [0.5, 0.6) is 11.5 Å². The maximum atomic E-state index is 13.6. The Morgan fingerprint density at radius 2 is 1.88 bits per heavy atom. The summed E-state index contributed by atoms with van der Waals surface area (Å²) in [6, 6.07) is 20.3. The lowest BCUT2D eigenvalue weighted by molar-refractivity contribution is 0.373. The molecule has 5 rings (SSSR count). The fraction of sp³-hybridized carbons (Fsp3) is 0.0769. The zero-order valence-electron chi connectivity index (χ0n) is 17.9. The van der Waals surface area contributed by atoms with Crippen LogP contribution in [0.1, 0.15) is 22.7 Å². The fourth-order valence-corrected chi connectivity index (χ4v) is 5.40. The van der Waals surface area contributed by atoms with Crippen LogP contribution < -0.4 is 19.6 Å². The lowest BCUT2D eigenvalue weighted by atomic mass is 10.0. The number of allylic oxidation sites excluding steroid dienone is 1. The van der Waals surface area contributed by atoms with Gasteiger partial charge in [0.25, 0.3) is 5.56 Å². The summed E-state index contributed by atoms with van der Waals surface area (Å²) in [6.45, 7) is 0. The molecule has 170 valence electrons. The molecule has 8 heteroatoms. The number of thiazole rings is 1. The zero-order chi connectivity index (χ0) is 23.8. The van der Waals surface area contributed by atoms with Gasteiger partial charge in [-0.15, -0.1) is 0 Å². The lowest BCUT2D eigenvalue weighted by Gasteiger charge is -2.19. The molecule has 1 N–H and O–H groups in total. The summed E-state index contributed by atoms with van der Waals surface area (Å²) in [4.78, 5) is 19.0. The minimum atomic E-state index is -0.330. The quantitative estimate of drug-likeness (QED) is 0.381. The molecular formula is C26H18BrClN2O3S. The van der Waals surface area contributed by atoms with E-state index in [2.05, 4.69) is 15.9 Å². The molecular weight excluding hydrogens is 536 g/mol. The molecule has 5 nitrogen and oxygen atoms in total. The molecule has 0 fully saturated rings. The third kappa shape index (κ3) is 4.22. The molecule has 1 aliphatic heterocycles. The van der Waals surface area contributed by atoms with Gasteiger partial charge >= 0.3 is 0 Å². The Balaban J connectivity index is 1.73. The second-order valence-electron chi connectivity index (χ2n) is 7.64. The van der Waals surface area contributed by atoms with Crippen molar-refractivity contribution in [3.8, 4) is 11.5 Å². The van der Waals surface area contributed by atoms with E-state index in [1.807, 2.05) is 60.7 Å². The van der Waals surface area contributed by atoms with Gasteiger partial charge in [0.15, 0.2) is 16.3 Å². The Bertz CT molecular complexity index is 1590. The fourth-order valence-electron chi connectivity index (χ4n) is 3.82. The van der Waals surface area contributed by atoms with Gasteiger partial charge in [-0.25, -0.2) is 4.99 Å². The molecule has 0 saturated carbocycles. The molecule has 4 aromatic rings. The topological polar surface area (TPSA) is 63.8 Å². The van der Waals surface area contributed by atoms with E-state index in [-0.39, 0.29) is 17.4 Å². The van der Waals surface area contributed by atoms with Crippen LogP contribution in [0.25, 0.3) is 11.8 Å². The Morgan fingerprint density at radius 3 is 2.59 bits per heavy atom. The highest BCUT2D eigenvalue weighted by Gasteiger charge is 2.22. The van der Waals surface area contributed by atoms with Crippen LogP contribution in [0, 0.1) is 0 Å². The summed E-state index contributed by atoms with van der Waals surface area (Å²) in [6.07, 6.45) is 3.78. The molecule has 1 unspecified atom stereocenters.